The third kappa shape index (κ3) is 3.01. The lowest BCUT2D eigenvalue weighted by Crippen LogP contribution is -2.11. The zero-order valence-corrected chi connectivity index (χ0v) is 13.9. The summed E-state index contributed by atoms with van der Waals surface area (Å²) < 4.78 is 21.0. The summed E-state index contributed by atoms with van der Waals surface area (Å²) in [6.07, 6.45) is 7.54. The molecule has 2 heterocycles. The highest BCUT2D eigenvalue weighted by Crippen LogP contribution is 2.44. The molecule has 8 heteroatoms. The SMILES string of the molecule is Nc1ccnc(Oc2c(C3CCC3)ccc(-c3cnc(N)nc3)c2F)n1. The molecular weight excluding hydrogens is 335 g/mol. The molecule has 26 heavy (non-hydrogen) atoms. The average Bonchev–Trinajstić information content (AvgIpc) is 2.58. The van der Waals surface area contributed by atoms with Crippen molar-refractivity contribution in [3.8, 4) is 22.9 Å². The highest BCUT2D eigenvalue weighted by atomic mass is 19.1. The molecule has 0 saturated heterocycles. The third-order valence-electron chi connectivity index (χ3n) is 4.50. The smallest absolute Gasteiger partial charge is 0.323 e. The molecule has 1 aliphatic rings. The first-order valence-electron chi connectivity index (χ1n) is 8.28. The number of aromatic nitrogens is 4. The number of nitrogens with two attached hydrogens (primary N) is 2. The molecule has 0 radical (unpaired) electrons. The Hall–Kier alpha value is -3.29. The van der Waals surface area contributed by atoms with Crippen molar-refractivity contribution in [2.24, 2.45) is 0 Å². The largest absolute Gasteiger partial charge is 0.421 e. The molecule has 1 fully saturated rings. The molecule has 4 N–H and O–H groups in total. The highest BCUT2D eigenvalue weighted by Gasteiger charge is 2.27. The molecule has 0 atom stereocenters. The molecule has 0 aliphatic heterocycles. The van der Waals surface area contributed by atoms with Gasteiger partial charge in [0.1, 0.15) is 5.82 Å². The zero-order chi connectivity index (χ0) is 18.1. The van der Waals surface area contributed by atoms with E-state index in [0.717, 1.165) is 24.8 Å². The second-order valence-electron chi connectivity index (χ2n) is 6.17. The Labute approximate surface area is 149 Å². The van der Waals surface area contributed by atoms with Gasteiger partial charge in [0.2, 0.25) is 5.95 Å². The molecule has 0 spiro atoms. The summed E-state index contributed by atoms with van der Waals surface area (Å²) in [6, 6.07) is 5.14. The lowest BCUT2D eigenvalue weighted by molar-refractivity contribution is 0.371. The first kappa shape index (κ1) is 16.2. The fourth-order valence-electron chi connectivity index (χ4n) is 2.91. The van der Waals surface area contributed by atoms with Crippen molar-refractivity contribution in [1.82, 2.24) is 19.9 Å². The monoisotopic (exact) mass is 352 g/mol. The van der Waals surface area contributed by atoms with E-state index in [2.05, 4.69) is 19.9 Å². The van der Waals surface area contributed by atoms with E-state index in [1.165, 1.54) is 24.7 Å². The Morgan fingerprint density at radius 2 is 1.81 bits per heavy atom. The van der Waals surface area contributed by atoms with E-state index in [1.54, 1.807) is 6.07 Å². The number of hydrogen-bond donors (Lipinski definition) is 2. The van der Waals surface area contributed by atoms with Crippen molar-refractivity contribution in [2.75, 3.05) is 11.5 Å². The maximum absolute atomic E-state index is 15.3. The fourth-order valence-corrected chi connectivity index (χ4v) is 2.91. The molecule has 2 aromatic heterocycles. The van der Waals surface area contributed by atoms with Crippen LogP contribution in [0.4, 0.5) is 16.2 Å². The highest BCUT2D eigenvalue weighted by molar-refractivity contribution is 5.66. The standard InChI is InChI=1S/C18H17FN6O/c19-15-12(11-8-23-17(21)24-9-11)4-5-13(10-2-1-3-10)16(15)26-18-22-7-6-14(20)25-18/h4-10H,1-3H2,(H2,20,22,25)(H2,21,23,24). The Bertz CT molecular complexity index is 943. The van der Waals surface area contributed by atoms with Crippen LogP contribution in [0.1, 0.15) is 30.7 Å². The van der Waals surface area contributed by atoms with Gasteiger partial charge in [0.25, 0.3) is 0 Å². The van der Waals surface area contributed by atoms with Crippen LogP contribution in [-0.4, -0.2) is 19.9 Å². The Kier molecular flexibility index (Phi) is 4.08. The molecular formula is C18H17FN6O. The van der Waals surface area contributed by atoms with Crippen molar-refractivity contribution < 1.29 is 9.13 Å². The normalized spacial score (nSPS) is 14.0. The summed E-state index contributed by atoms with van der Waals surface area (Å²) in [4.78, 5) is 15.9. The lowest BCUT2D eigenvalue weighted by atomic mass is 9.79. The van der Waals surface area contributed by atoms with Crippen LogP contribution in [0.15, 0.2) is 36.8 Å². The molecule has 0 unspecified atom stereocenters. The minimum Gasteiger partial charge on any atom is -0.421 e. The number of ether oxygens (including phenoxy) is 1. The van der Waals surface area contributed by atoms with Gasteiger partial charge >= 0.3 is 6.01 Å². The van der Waals surface area contributed by atoms with Crippen LogP contribution >= 0.6 is 0 Å². The van der Waals surface area contributed by atoms with Crippen molar-refractivity contribution in [1.29, 1.82) is 0 Å². The van der Waals surface area contributed by atoms with Gasteiger partial charge in [-0.1, -0.05) is 18.6 Å². The number of nitrogen functional groups attached to an aromatic ring is 2. The molecule has 0 amide bonds. The van der Waals surface area contributed by atoms with E-state index < -0.39 is 5.82 Å². The predicted molar refractivity (Wildman–Crippen MR) is 94.9 cm³/mol. The van der Waals surface area contributed by atoms with Crippen molar-refractivity contribution in [3.05, 3.63) is 48.2 Å². The topological polar surface area (TPSA) is 113 Å². The minimum atomic E-state index is -0.506. The number of hydrogen-bond acceptors (Lipinski definition) is 7. The zero-order valence-electron chi connectivity index (χ0n) is 13.9. The van der Waals surface area contributed by atoms with Gasteiger partial charge < -0.3 is 16.2 Å². The van der Waals surface area contributed by atoms with E-state index >= 15 is 4.39 Å². The lowest BCUT2D eigenvalue weighted by Gasteiger charge is -2.28. The van der Waals surface area contributed by atoms with Gasteiger partial charge in [-0.05, 0) is 24.8 Å². The van der Waals surface area contributed by atoms with Gasteiger partial charge in [-0.25, -0.2) is 19.3 Å². The first-order valence-corrected chi connectivity index (χ1v) is 8.28. The molecule has 0 bridgehead atoms. The van der Waals surface area contributed by atoms with E-state index in [9.17, 15) is 0 Å². The van der Waals surface area contributed by atoms with Crippen LogP contribution in [0.3, 0.4) is 0 Å². The number of rotatable bonds is 4. The number of benzene rings is 1. The minimum absolute atomic E-state index is 0.00943. The van der Waals surface area contributed by atoms with Crippen LogP contribution < -0.4 is 16.2 Å². The van der Waals surface area contributed by atoms with Gasteiger partial charge in [0.15, 0.2) is 11.6 Å². The van der Waals surface area contributed by atoms with Gasteiger partial charge in [0, 0.05) is 35.3 Å². The van der Waals surface area contributed by atoms with E-state index in [-0.39, 0.29) is 29.4 Å². The molecule has 1 aliphatic carbocycles. The quantitative estimate of drug-likeness (QED) is 0.740. The molecule has 1 saturated carbocycles. The second kappa shape index (κ2) is 6.55. The van der Waals surface area contributed by atoms with Crippen LogP contribution in [0.5, 0.6) is 11.8 Å². The third-order valence-corrected chi connectivity index (χ3v) is 4.50. The molecule has 3 aromatic rings. The predicted octanol–water partition coefficient (Wildman–Crippen LogP) is 3.30. The van der Waals surface area contributed by atoms with Gasteiger partial charge in [-0.3, -0.25) is 0 Å². The average molecular weight is 352 g/mol. The Balaban J connectivity index is 1.80. The Morgan fingerprint density at radius 3 is 2.46 bits per heavy atom. The second-order valence-corrected chi connectivity index (χ2v) is 6.17. The number of halogens is 1. The molecule has 1 aromatic carbocycles. The summed E-state index contributed by atoms with van der Waals surface area (Å²) in [7, 11) is 0. The van der Waals surface area contributed by atoms with E-state index in [1.807, 2.05) is 6.07 Å². The van der Waals surface area contributed by atoms with E-state index in [0.29, 0.717) is 11.1 Å². The number of nitrogens with zero attached hydrogens (tertiary/aromatic N) is 4. The fraction of sp³-hybridized carbons (Fsp3) is 0.222. The molecule has 132 valence electrons. The molecule has 7 nitrogen and oxygen atoms in total. The maximum Gasteiger partial charge on any atom is 0.323 e. The van der Waals surface area contributed by atoms with Gasteiger partial charge in [0.05, 0.1) is 0 Å². The summed E-state index contributed by atoms with van der Waals surface area (Å²) >= 11 is 0. The number of anilines is 2. The summed E-state index contributed by atoms with van der Waals surface area (Å²) in [6.45, 7) is 0. The first-order chi connectivity index (χ1) is 12.6. The van der Waals surface area contributed by atoms with Gasteiger partial charge in [-0.2, -0.15) is 4.98 Å². The van der Waals surface area contributed by atoms with Crippen molar-refractivity contribution >= 4 is 11.8 Å². The van der Waals surface area contributed by atoms with Crippen LogP contribution in [0, 0.1) is 5.82 Å². The van der Waals surface area contributed by atoms with Crippen LogP contribution in [0.25, 0.3) is 11.1 Å². The van der Waals surface area contributed by atoms with Crippen LogP contribution in [-0.2, 0) is 0 Å². The maximum atomic E-state index is 15.3. The van der Waals surface area contributed by atoms with Crippen molar-refractivity contribution in [3.63, 3.8) is 0 Å². The molecule has 4 rings (SSSR count). The van der Waals surface area contributed by atoms with E-state index in [4.69, 9.17) is 16.2 Å². The summed E-state index contributed by atoms with van der Waals surface area (Å²) in [5, 5.41) is 0. The van der Waals surface area contributed by atoms with Crippen molar-refractivity contribution in [2.45, 2.75) is 25.2 Å². The summed E-state index contributed by atoms with van der Waals surface area (Å²) in [5.41, 5.74) is 12.8. The van der Waals surface area contributed by atoms with Gasteiger partial charge in [-0.15, -0.1) is 0 Å². The summed E-state index contributed by atoms with van der Waals surface area (Å²) in [5.74, 6) is 0.259. The Morgan fingerprint density at radius 1 is 1.04 bits per heavy atom. The van der Waals surface area contributed by atoms with Crippen LogP contribution in [0.2, 0.25) is 0 Å².